The van der Waals surface area contributed by atoms with Gasteiger partial charge < -0.3 is 10.7 Å². The number of hydrogen-bond donors (Lipinski definition) is 3. The first-order valence-electron chi connectivity index (χ1n) is 6.45. The topological polar surface area (TPSA) is 80.0 Å². The third kappa shape index (κ3) is 3.55. The molecule has 0 bridgehead atoms. The van der Waals surface area contributed by atoms with E-state index in [0.29, 0.717) is 17.8 Å². The van der Waals surface area contributed by atoms with Crippen molar-refractivity contribution in [1.29, 1.82) is 0 Å². The summed E-state index contributed by atoms with van der Waals surface area (Å²) in [6, 6.07) is 9.39. The van der Waals surface area contributed by atoms with E-state index in [2.05, 4.69) is 15.7 Å². The molecule has 0 spiro atoms. The minimum absolute atomic E-state index is 0.129. The summed E-state index contributed by atoms with van der Waals surface area (Å²) in [5.41, 5.74) is 5.88. The van der Waals surface area contributed by atoms with Crippen LogP contribution in [-0.4, -0.2) is 17.4 Å². The predicted octanol–water partition coefficient (Wildman–Crippen LogP) is 1.65. The van der Waals surface area contributed by atoms with Crippen LogP contribution in [0.25, 0.3) is 0 Å². The first kappa shape index (κ1) is 14.0. The zero-order valence-corrected chi connectivity index (χ0v) is 11.4. The monoisotopic (exact) mass is 270 g/mol. The number of aromatic nitrogens is 1. The van der Waals surface area contributed by atoms with E-state index in [1.807, 2.05) is 31.2 Å². The van der Waals surface area contributed by atoms with E-state index in [-0.39, 0.29) is 5.91 Å². The lowest BCUT2D eigenvalue weighted by atomic mass is 10.1. The first-order valence-corrected chi connectivity index (χ1v) is 6.45. The summed E-state index contributed by atoms with van der Waals surface area (Å²) >= 11 is 0. The van der Waals surface area contributed by atoms with E-state index in [1.54, 1.807) is 18.5 Å². The summed E-state index contributed by atoms with van der Waals surface area (Å²) < 4.78 is 0. The predicted molar refractivity (Wildman–Crippen MR) is 79.3 cm³/mol. The summed E-state index contributed by atoms with van der Waals surface area (Å²) in [4.78, 5) is 16.1. The number of nitrogens with zero attached hydrogens (tertiary/aromatic N) is 1. The first-order chi connectivity index (χ1) is 9.70. The van der Waals surface area contributed by atoms with Crippen molar-refractivity contribution in [1.82, 2.24) is 10.3 Å². The molecule has 0 aliphatic heterocycles. The zero-order valence-electron chi connectivity index (χ0n) is 11.4. The van der Waals surface area contributed by atoms with Crippen molar-refractivity contribution in [3.05, 3.63) is 59.4 Å². The Bertz CT molecular complexity index is 584. The van der Waals surface area contributed by atoms with Crippen molar-refractivity contribution in [2.24, 2.45) is 5.84 Å². The highest BCUT2D eigenvalue weighted by Crippen LogP contribution is 2.16. The number of pyridine rings is 1. The van der Waals surface area contributed by atoms with Crippen LogP contribution in [0.2, 0.25) is 0 Å². The molecule has 2 rings (SSSR count). The molecule has 1 heterocycles. The average molecular weight is 270 g/mol. The van der Waals surface area contributed by atoms with Crippen LogP contribution in [0.1, 0.15) is 21.5 Å². The largest absolute Gasteiger partial charge is 0.352 e. The van der Waals surface area contributed by atoms with Gasteiger partial charge in [-0.2, -0.15) is 0 Å². The maximum atomic E-state index is 12.1. The van der Waals surface area contributed by atoms with Gasteiger partial charge in [-0.15, -0.1) is 0 Å². The van der Waals surface area contributed by atoms with E-state index in [1.165, 1.54) is 0 Å². The second-order valence-electron chi connectivity index (χ2n) is 4.55. The van der Waals surface area contributed by atoms with Gasteiger partial charge in [-0.05, 0) is 43.2 Å². The SMILES string of the molecule is Cc1ccc(NN)c(C(=O)NCCc2ccncc2)c1. The number of nitrogen functional groups attached to an aromatic ring is 1. The molecule has 2 aromatic rings. The molecule has 0 unspecified atom stereocenters. The molecule has 104 valence electrons. The Hall–Kier alpha value is -2.40. The quantitative estimate of drug-likeness (QED) is 0.570. The molecule has 0 atom stereocenters. The lowest BCUT2D eigenvalue weighted by Crippen LogP contribution is -2.27. The van der Waals surface area contributed by atoms with Gasteiger partial charge in [0.25, 0.3) is 5.91 Å². The number of amides is 1. The third-order valence-corrected chi connectivity index (χ3v) is 3.02. The molecule has 1 aromatic carbocycles. The number of carbonyl (C=O) groups excluding carboxylic acids is 1. The summed E-state index contributed by atoms with van der Waals surface area (Å²) in [6.45, 7) is 2.51. The van der Waals surface area contributed by atoms with Gasteiger partial charge in [0.2, 0.25) is 0 Å². The fourth-order valence-corrected chi connectivity index (χ4v) is 1.94. The number of hydrazine groups is 1. The zero-order chi connectivity index (χ0) is 14.4. The lowest BCUT2D eigenvalue weighted by Gasteiger charge is -2.10. The highest BCUT2D eigenvalue weighted by atomic mass is 16.1. The van der Waals surface area contributed by atoms with E-state index in [4.69, 9.17) is 5.84 Å². The molecule has 4 N–H and O–H groups in total. The van der Waals surface area contributed by atoms with Crippen LogP contribution in [0.4, 0.5) is 5.69 Å². The van der Waals surface area contributed by atoms with Gasteiger partial charge in [-0.25, -0.2) is 0 Å². The molecular weight excluding hydrogens is 252 g/mol. The molecule has 0 fully saturated rings. The number of benzene rings is 1. The van der Waals surface area contributed by atoms with Crippen molar-refractivity contribution in [3.8, 4) is 0 Å². The Morgan fingerprint density at radius 2 is 2.00 bits per heavy atom. The standard InChI is InChI=1S/C15H18N4O/c1-11-2-3-14(19-16)13(10-11)15(20)18-9-6-12-4-7-17-8-5-12/h2-5,7-8,10,19H,6,9,16H2,1H3,(H,18,20). The van der Waals surface area contributed by atoms with E-state index < -0.39 is 0 Å². The van der Waals surface area contributed by atoms with Gasteiger partial charge in [0.15, 0.2) is 0 Å². The van der Waals surface area contributed by atoms with E-state index in [9.17, 15) is 4.79 Å². The fourth-order valence-electron chi connectivity index (χ4n) is 1.94. The maximum Gasteiger partial charge on any atom is 0.253 e. The summed E-state index contributed by atoms with van der Waals surface area (Å²) in [6.07, 6.45) is 4.26. The van der Waals surface area contributed by atoms with Crippen LogP contribution >= 0.6 is 0 Å². The van der Waals surface area contributed by atoms with Gasteiger partial charge in [0.05, 0.1) is 11.3 Å². The van der Waals surface area contributed by atoms with Crippen LogP contribution in [0.3, 0.4) is 0 Å². The van der Waals surface area contributed by atoms with Crippen molar-refractivity contribution < 1.29 is 4.79 Å². The maximum absolute atomic E-state index is 12.1. The van der Waals surface area contributed by atoms with Crippen molar-refractivity contribution in [2.75, 3.05) is 12.0 Å². The Morgan fingerprint density at radius 1 is 1.25 bits per heavy atom. The molecule has 0 aliphatic carbocycles. The second kappa shape index (κ2) is 6.68. The van der Waals surface area contributed by atoms with Gasteiger partial charge in [-0.3, -0.25) is 15.6 Å². The Labute approximate surface area is 118 Å². The number of aryl methyl sites for hydroxylation is 1. The molecule has 0 aliphatic rings. The molecular formula is C15H18N4O. The molecule has 5 nitrogen and oxygen atoms in total. The molecule has 1 amide bonds. The Balaban J connectivity index is 1.97. The molecule has 0 radical (unpaired) electrons. The average Bonchev–Trinajstić information content (AvgIpc) is 2.48. The number of rotatable bonds is 5. The van der Waals surface area contributed by atoms with Crippen LogP contribution in [0.5, 0.6) is 0 Å². The smallest absolute Gasteiger partial charge is 0.253 e. The van der Waals surface area contributed by atoms with Crippen molar-refractivity contribution in [3.63, 3.8) is 0 Å². The molecule has 0 saturated heterocycles. The third-order valence-electron chi connectivity index (χ3n) is 3.02. The number of anilines is 1. The normalized spacial score (nSPS) is 10.1. The van der Waals surface area contributed by atoms with Gasteiger partial charge >= 0.3 is 0 Å². The van der Waals surface area contributed by atoms with Crippen molar-refractivity contribution >= 4 is 11.6 Å². The number of carbonyl (C=O) groups is 1. The van der Waals surface area contributed by atoms with Gasteiger partial charge in [0, 0.05) is 18.9 Å². The number of hydrogen-bond acceptors (Lipinski definition) is 4. The lowest BCUT2D eigenvalue weighted by molar-refractivity contribution is 0.0955. The van der Waals surface area contributed by atoms with Crippen LogP contribution in [0, 0.1) is 6.92 Å². The number of nitrogens with two attached hydrogens (primary N) is 1. The molecule has 0 saturated carbocycles. The molecule has 1 aromatic heterocycles. The molecule has 5 heteroatoms. The summed E-state index contributed by atoms with van der Waals surface area (Å²) in [7, 11) is 0. The molecule has 20 heavy (non-hydrogen) atoms. The van der Waals surface area contributed by atoms with Gasteiger partial charge in [0.1, 0.15) is 0 Å². The number of nitrogens with one attached hydrogen (secondary N) is 2. The Morgan fingerprint density at radius 3 is 2.70 bits per heavy atom. The highest BCUT2D eigenvalue weighted by molar-refractivity contribution is 5.99. The fraction of sp³-hybridized carbons (Fsp3) is 0.200. The van der Waals surface area contributed by atoms with Crippen LogP contribution < -0.4 is 16.6 Å². The van der Waals surface area contributed by atoms with E-state index in [0.717, 1.165) is 17.5 Å². The second-order valence-corrected chi connectivity index (χ2v) is 4.55. The summed E-state index contributed by atoms with van der Waals surface area (Å²) in [5.74, 6) is 5.29. The minimum Gasteiger partial charge on any atom is -0.352 e. The summed E-state index contributed by atoms with van der Waals surface area (Å²) in [5, 5.41) is 2.89. The van der Waals surface area contributed by atoms with Crippen molar-refractivity contribution in [2.45, 2.75) is 13.3 Å². The Kier molecular flexibility index (Phi) is 4.68. The minimum atomic E-state index is -0.129. The highest BCUT2D eigenvalue weighted by Gasteiger charge is 2.10. The van der Waals surface area contributed by atoms with Crippen LogP contribution in [-0.2, 0) is 6.42 Å². The van der Waals surface area contributed by atoms with Gasteiger partial charge in [-0.1, -0.05) is 11.6 Å². The van der Waals surface area contributed by atoms with Crippen LogP contribution in [0.15, 0.2) is 42.7 Å². The van der Waals surface area contributed by atoms with E-state index >= 15 is 0 Å².